The van der Waals surface area contributed by atoms with Gasteiger partial charge in [-0.05, 0) is 25.1 Å². The van der Waals surface area contributed by atoms with Crippen molar-refractivity contribution < 1.29 is 0 Å². The molecule has 0 spiro atoms. The van der Waals surface area contributed by atoms with Gasteiger partial charge in [-0.15, -0.1) is 10.2 Å². The average molecular weight is 197 g/mol. The fraction of sp³-hybridized carbons (Fsp3) is 0.100. The Bertz CT molecular complexity index is 698. The van der Waals surface area contributed by atoms with Gasteiger partial charge in [-0.25, -0.2) is 0 Å². The number of hydrogen-bond donors (Lipinski definition) is 1. The minimum Gasteiger partial charge on any atom is -0.345 e. The molecule has 3 aromatic heterocycles. The molecule has 0 aliphatic carbocycles. The highest BCUT2D eigenvalue weighted by atomic mass is 15.2. The van der Waals surface area contributed by atoms with Gasteiger partial charge in [-0.2, -0.15) is 5.26 Å². The van der Waals surface area contributed by atoms with E-state index in [-0.39, 0.29) is 0 Å². The Kier molecular flexibility index (Phi) is 1.37. The largest absolute Gasteiger partial charge is 0.345 e. The Morgan fingerprint density at radius 3 is 3.07 bits per heavy atom. The van der Waals surface area contributed by atoms with Crippen LogP contribution >= 0.6 is 0 Å². The molecule has 15 heavy (non-hydrogen) atoms. The zero-order chi connectivity index (χ0) is 10.4. The molecule has 0 atom stereocenters. The number of H-pyrrole nitrogens is 1. The topological polar surface area (TPSA) is 69.8 Å². The molecule has 0 unspecified atom stereocenters. The number of hydrogen-bond acceptors (Lipinski definition) is 3. The lowest BCUT2D eigenvalue weighted by Crippen LogP contribution is -1.88. The summed E-state index contributed by atoms with van der Waals surface area (Å²) in [5, 5.41) is 16.8. The van der Waals surface area contributed by atoms with E-state index in [9.17, 15) is 0 Å². The first-order chi connectivity index (χ1) is 7.29. The summed E-state index contributed by atoms with van der Waals surface area (Å²) in [7, 11) is 0. The van der Waals surface area contributed by atoms with Gasteiger partial charge in [-0.3, -0.25) is 4.40 Å². The van der Waals surface area contributed by atoms with Gasteiger partial charge in [0, 0.05) is 0 Å². The lowest BCUT2D eigenvalue weighted by molar-refractivity contribution is 1.02. The molecule has 0 radical (unpaired) electrons. The van der Waals surface area contributed by atoms with E-state index in [2.05, 4.69) is 21.3 Å². The molecule has 0 bridgehead atoms. The lowest BCUT2D eigenvalue weighted by Gasteiger charge is -1.95. The quantitative estimate of drug-likeness (QED) is 0.592. The third-order valence-electron chi connectivity index (χ3n) is 2.44. The fourth-order valence-corrected chi connectivity index (χ4v) is 1.77. The minimum atomic E-state index is 0.547. The Balaban J connectivity index is 2.58. The molecule has 0 saturated carbocycles. The molecular weight excluding hydrogens is 190 g/mol. The summed E-state index contributed by atoms with van der Waals surface area (Å²) in [5.41, 5.74) is 3.20. The van der Waals surface area contributed by atoms with Crippen molar-refractivity contribution in [3.05, 3.63) is 29.7 Å². The highest BCUT2D eigenvalue weighted by Crippen LogP contribution is 2.17. The summed E-state index contributed by atoms with van der Waals surface area (Å²) in [5.74, 6) is 0.819. The molecular formula is C10H7N5. The Labute approximate surface area is 85.0 Å². The maximum absolute atomic E-state index is 8.81. The zero-order valence-electron chi connectivity index (χ0n) is 8.02. The van der Waals surface area contributed by atoms with Crippen LogP contribution in [0.3, 0.4) is 0 Å². The number of aromatic nitrogens is 4. The van der Waals surface area contributed by atoms with Gasteiger partial charge in [-0.1, -0.05) is 0 Å². The second-order valence-corrected chi connectivity index (χ2v) is 3.37. The van der Waals surface area contributed by atoms with Crippen molar-refractivity contribution in [1.82, 2.24) is 19.6 Å². The first-order valence-electron chi connectivity index (χ1n) is 4.53. The van der Waals surface area contributed by atoms with Crippen LogP contribution < -0.4 is 0 Å². The summed E-state index contributed by atoms with van der Waals surface area (Å²) in [6.07, 6.45) is 0. The van der Waals surface area contributed by atoms with Gasteiger partial charge >= 0.3 is 0 Å². The van der Waals surface area contributed by atoms with Crippen LogP contribution in [0.4, 0.5) is 0 Å². The van der Waals surface area contributed by atoms with Crippen molar-refractivity contribution in [1.29, 1.82) is 5.26 Å². The van der Waals surface area contributed by atoms with Crippen LogP contribution in [0.2, 0.25) is 0 Å². The van der Waals surface area contributed by atoms with Gasteiger partial charge in [0.2, 0.25) is 0 Å². The number of aryl methyl sites for hydroxylation is 1. The number of fused-ring (bicyclic) bond motifs is 3. The summed E-state index contributed by atoms with van der Waals surface area (Å²) in [6.45, 7) is 1.89. The number of rotatable bonds is 0. The predicted molar refractivity (Wildman–Crippen MR) is 54.3 cm³/mol. The molecule has 3 rings (SSSR count). The van der Waals surface area contributed by atoms with Crippen LogP contribution in [-0.2, 0) is 0 Å². The summed E-state index contributed by atoms with van der Waals surface area (Å²) < 4.78 is 1.92. The summed E-state index contributed by atoms with van der Waals surface area (Å²) in [6, 6.07) is 7.66. The summed E-state index contributed by atoms with van der Waals surface area (Å²) in [4.78, 5) is 3.02. The molecule has 0 saturated heterocycles. The highest BCUT2D eigenvalue weighted by molar-refractivity contribution is 5.80. The standard InChI is InChI=1S/C10H7N5/c1-6-13-14-10-3-2-8-9(15(6)10)4-7(5-11)12-8/h2-4,12H,1H3. The Hall–Kier alpha value is -2.35. The molecule has 5 nitrogen and oxygen atoms in total. The Morgan fingerprint density at radius 2 is 2.27 bits per heavy atom. The molecule has 0 fully saturated rings. The van der Waals surface area contributed by atoms with E-state index in [0.29, 0.717) is 5.69 Å². The van der Waals surface area contributed by atoms with E-state index in [1.54, 1.807) is 6.07 Å². The van der Waals surface area contributed by atoms with Crippen molar-refractivity contribution in [2.24, 2.45) is 0 Å². The molecule has 5 heteroatoms. The highest BCUT2D eigenvalue weighted by Gasteiger charge is 2.07. The second kappa shape index (κ2) is 2.58. The summed E-state index contributed by atoms with van der Waals surface area (Å²) >= 11 is 0. The lowest BCUT2D eigenvalue weighted by atomic mass is 10.3. The van der Waals surface area contributed by atoms with E-state index in [4.69, 9.17) is 5.26 Å². The SMILES string of the molecule is Cc1nnc2ccc3[nH]c(C#N)cc3n12. The maximum Gasteiger partial charge on any atom is 0.161 e. The number of pyridine rings is 1. The number of nitrogens with one attached hydrogen (secondary N) is 1. The first kappa shape index (κ1) is 8.00. The van der Waals surface area contributed by atoms with Crippen molar-refractivity contribution >= 4 is 16.7 Å². The normalized spacial score (nSPS) is 10.9. The van der Waals surface area contributed by atoms with Crippen LogP contribution in [0.25, 0.3) is 16.7 Å². The molecule has 0 aliphatic heterocycles. The Morgan fingerprint density at radius 1 is 1.40 bits per heavy atom. The van der Waals surface area contributed by atoms with Crippen molar-refractivity contribution in [2.75, 3.05) is 0 Å². The zero-order valence-corrected chi connectivity index (χ0v) is 8.02. The van der Waals surface area contributed by atoms with E-state index in [1.165, 1.54) is 0 Å². The molecule has 1 N–H and O–H groups in total. The van der Waals surface area contributed by atoms with Gasteiger partial charge in [0.25, 0.3) is 0 Å². The van der Waals surface area contributed by atoms with E-state index in [1.807, 2.05) is 23.5 Å². The first-order valence-corrected chi connectivity index (χ1v) is 4.53. The van der Waals surface area contributed by atoms with Crippen LogP contribution in [0, 0.1) is 18.3 Å². The molecule has 72 valence electrons. The van der Waals surface area contributed by atoms with Gasteiger partial charge in [0.1, 0.15) is 17.6 Å². The third kappa shape index (κ3) is 0.958. The minimum absolute atomic E-state index is 0.547. The monoisotopic (exact) mass is 197 g/mol. The molecule has 0 aromatic carbocycles. The fourth-order valence-electron chi connectivity index (χ4n) is 1.77. The van der Waals surface area contributed by atoms with Gasteiger partial charge in [0.15, 0.2) is 5.65 Å². The molecule has 3 heterocycles. The van der Waals surface area contributed by atoms with Gasteiger partial charge in [0.05, 0.1) is 11.0 Å². The third-order valence-corrected chi connectivity index (χ3v) is 2.44. The van der Waals surface area contributed by atoms with Crippen LogP contribution in [0.5, 0.6) is 0 Å². The van der Waals surface area contributed by atoms with Crippen LogP contribution in [-0.4, -0.2) is 19.6 Å². The number of nitrogens with zero attached hydrogens (tertiary/aromatic N) is 4. The van der Waals surface area contributed by atoms with Crippen molar-refractivity contribution in [3.8, 4) is 6.07 Å². The van der Waals surface area contributed by atoms with E-state index >= 15 is 0 Å². The second-order valence-electron chi connectivity index (χ2n) is 3.37. The smallest absolute Gasteiger partial charge is 0.161 e. The van der Waals surface area contributed by atoms with Gasteiger partial charge < -0.3 is 4.98 Å². The van der Waals surface area contributed by atoms with Crippen LogP contribution in [0.15, 0.2) is 18.2 Å². The average Bonchev–Trinajstić information content (AvgIpc) is 2.81. The number of aromatic amines is 1. The maximum atomic E-state index is 8.81. The van der Waals surface area contributed by atoms with Crippen molar-refractivity contribution in [3.63, 3.8) is 0 Å². The van der Waals surface area contributed by atoms with Crippen molar-refractivity contribution in [2.45, 2.75) is 6.92 Å². The number of nitriles is 1. The predicted octanol–water partition coefficient (Wildman–Crippen LogP) is 1.39. The van der Waals surface area contributed by atoms with Crippen LogP contribution in [0.1, 0.15) is 11.5 Å². The van der Waals surface area contributed by atoms with E-state index in [0.717, 1.165) is 22.5 Å². The molecule has 0 aliphatic rings. The molecule has 0 amide bonds. The molecule has 3 aromatic rings. The van der Waals surface area contributed by atoms with E-state index < -0.39 is 0 Å².